The molecule has 2 rings (SSSR count). The quantitative estimate of drug-likeness (QED) is 0.905. The van der Waals surface area contributed by atoms with E-state index in [1.165, 1.54) is 0 Å². The van der Waals surface area contributed by atoms with Crippen molar-refractivity contribution >= 4 is 22.8 Å². The number of carbonyl (C=O) groups excluding carboxylic acids is 1. The Bertz CT molecular complexity index is 717. The van der Waals surface area contributed by atoms with E-state index in [2.05, 4.69) is 10.3 Å². The molecule has 1 amide bonds. The maximum atomic E-state index is 11.8. The van der Waals surface area contributed by atoms with Gasteiger partial charge in [0.05, 0.1) is 5.69 Å². The fourth-order valence-electron chi connectivity index (χ4n) is 2.19. The monoisotopic (exact) mass is 316 g/mol. The summed E-state index contributed by atoms with van der Waals surface area (Å²) >= 11 is 0. The average Bonchev–Trinajstić information content (AvgIpc) is 2.44. The van der Waals surface area contributed by atoms with Gasteiger partial charge in [-0.1, -0.05) is 24.3 Å². The Kier molecular flexibility index (Phi) is 4.83. The van der Waals surface area contributed by atoms with Gasteiger partial charge in [0.1, 0.15) is 11.6 Å². The van der Waals surface area contributed by atoms with Crippen molar-refractivity contribution in [2.24, 2.45) is 0 Å². The molecule has 0 aliphatic rings. The second-order valence-electron chi connectivity index (χ2n) is 6.22. The zero-order chi connectivity index (χ0) is 17.0. The van der Waals surface area contributed by atoms with Crippen molar-refractivity contribution in [2.75, 3.05) is 0 Å². The molecule has 1 atom stereocenters. The minimum Gasteiger partial charge on any atom is -0.480 e. The lowest BCUT2D eigenvalue weighted by molar-refractivity contribution is -0.139. The molecule has 0 spiro atoms. The molecule has 0 fully saturated rings. The number of pyridine rings is 1. The third-order valence-corrected chi connectivity index (χ3v) is 3.14. The van der Waals surface area contributed by atoms with Crippen molar-refractivity contribution in [3.8, 4) is 0 Å². The summed E-state index contributed by atoms with van der Waals surface area (Å²) in [6.45, 7) is 5.15. The number of nitrogens with one attached hydrogen (secondary N) is 1. The molecule has 2 aromatic rings. The number of fused-ring (bicyclic) bond motifs is 1. The number of nitrogens with zero attached hydrogens (tertiary/aromatic N) is 1. The molecule has 6 heteroatoms. The van der Waals surface area contributed by atoms with Crippen LogP contribution in [0.2, 0.25) is 0 Å². The van der Waals surface area contributed by atoms with Gasteiger partial charge < -0.3 is 15.2 Å². The number of rotatable bonds is 4. The van der Waals surface area contributed by atoms with Crippen molar-refractivity contribution in [2.45, 2.75) is 38.8 Å². The molecule has 0 bridgehead atoms. The van der Waals surface area contributed by atoms with E-state index in [4.69, 9.17) is 4.74 Å². The molecule has 0 aliphatic heterocycles. The SMILES string of the molecule is CC(C)(C)OC(=O)N[C@H](Cc1nccc2ccccc12)C(=O)O. The summed E-state index contributed by atoms with van der Waals surface area (Å²) in [7, 11) is 0. The lowest BCUT2D eigenvalue weighted by Crippen LogP contribution is -2.44. The van der Waals surface area contributed by atoms with Crippen LogP contribution in [0.4, 0.5) is 4.79 Å². The van der Waals surface area contributed by atoms with Crippen LogP contribution in [0.15, 0.2) is 36.5 Å². The number of carboxylic acid groups (broad SMARTS) is 1. The van der Waals surface area contributed by atoms with Crippen LogP contribution in [0.1, 0.15) is 26.5 Å². The first kappa shape index (κ1) is 16.7. The molecule has 23 heavy (non-hydrogen) atoms. The zero-order valence-corrected chi connectivity index (χ0v) is 13.4. The van der Waals surface area contributed by atoms with Gasteiger partial charge in [-0.3, -0.25) is 4.98 Å². The molecule has 0 aliphatic carbocycles. The first-order valence-corrected chi connectivity index (χ1v) is 7.31. The van der Waals surface area contributed by atoms with E-state index in [1.54, 1.807) is 27.0 Å². The van der Waals surface area contributed by atoms with Crippen LogP contribution >= 0.6 is 0 Å². The lowest BCUT2D eigenvalue weighted by Gasteiger charge is -2.22. The fraction of sp³-hybridized carbons (Fsp3) is 0.353. The van der Waals surface area contributed by atoms with Gasteiger partial charge in [0.15, 0.2) is 0 Å². The van der Waals surface area contributed by atoms with Gasteiger partial charge in [-0.2, -0.15) is 0 Å². The fourth-order valence-corrected chi connectivity index (χ4v) is 2.19. The van der Waals surface area contributed by atoms with Crippen molar-refractivity contribution in [3.05, 3.63) is 42.2 Å². The van der Waals surface area contributed by atoms with Gasteiger partial charge in [-0.25, -0.2) is 9.59 Å². The predicted molar refractivity (Wildman–Crippen MR) is 86.2 cm³/mol. The highest BCUT2D eigenvalue weighted by Crippen LogP contribution is 2.18. The number of carbonyl (C=O) groups is 2. The Morgan fingerprint density at radius 1 is 1.26 bits per heavy atom. The summed E-state index contributed by atoms with van der Waals surface area (Å²) in [5.74, 6) is -1.13. The normalized spacial score (nSPS) is 12.7. The standard InChI is InChI=1S/C17H20N2O4/c1-17(2,3)23-16(22)19-14(15(20)21)10-13-12-7-5-4-6-11(12)8-9-18-13/h4-9,14H,10H2,1-3H3,(H,19,22)(H,20,21)/t14-/m1/s1. The second kappa shape index (κ2) is 6.64. The van der Waals surface area contributed by atoms with Crippen LogP contribution in [0.25, 0.3) is 10.8 Å². The van der Waals surface area contributed by atoms with E-state index < -0.39 is 23.7 Å². The molecular formula is C17H20N2O4. The lowest BCUT2D eigenvalue weighted by atomic mass is 10.0. The Balaban J connectivity index is 2.19. The van der Waals surface area contributed by atoms with Gasteiger partial charge in [0.2, 0.25) is 0 Å². The number of amides is 1. The van der Waals surface area contributed by atoms with E-state index in [-0.39, 0.29) is 6.42 Å². The minimum atomic E-state index is -1.13. The first-order chi connectivity index (χ1) is 10.8. The maximum Gasteiger partial charge on any atom is 0.408 e. The molecule has 0 radical (unpaired) electrons. The summed E-state index contributed by atoms with van der Waals surface area (Å²) in [4.78, 5) is 27.5. The van der Waals surface area contributed by atoms with Crippen LogP contribution in [0.5, 0.6) is 0 Å². The van der Waals surface area contributed by atoms with Crippen LogP contribution in [0.3, 0.4) is 0 Å². The molecule has 1 aromatic carbocycles. The van der Waals surface area contributed by atoms with Crippen molar-refractivity contribution in [1.82, 2.24) is 10.3 Å². The second-order valence-corrected chi connectivity index (χ2v) is 6.22. The molecule has 1 heterocycles. The highest BCUT2D eigenvalue weighted by atomic mass is 16.6. The Hall–Kier alpha value is -2.63. The molecule has 6 nitrogen and oxygen atoms in total. The Labute approximate surface area is 134 Å². The summed E-state index contributed by atoms with van der Waals surface area (Å²) < 4.78 is 5.11. The molecule has 0 saturated carbocycles. The highest BCUT2D eigenvalue weighted by molar-refractivity contribution is 5.86. The summed E-state index contributed by atoms with van der Waals surface area (Å²) in [6.07, 6.45) is 0.949. The predicted octanol–water partition coefficient (Wildman–Crippen LogP) is 2.76. The molecule has 122 valence electrons. The van der Waals surface area contributed by atoms with Crippen LogP contribution in [-0.4, -0.2) is 33.8 Å². The van der Waals surface area contributed by atoms with Gasteiger partial charge in [0, 0.05) is 18.0 Å². The molecule has 0 saturated heterocycles. The van der Waals surface area contributed by atoms with Crippen LogP contribution in [0, 0.1) is 0 Å². The third-order valence-electron chi connectivity index (χ3n) is 3.14. The van der Waals surface area contributed by atoms with Crippen molar-refractivity contribution in [3.63, 3.8) is 0 Å². The smallest absolute Gasteiger partial charge is 0.408 e. The van der Waals surface area contributed by atoms with E-state index in [0.717, 1.165) is 10.8 Å². The number of aliphatic carboxylic acids is 1. The van der Waals surface area contributed by atoms with Gasteiger partial charge in [0.25, 0.3) is 0 Å². The van der Waals surface area contributed by atoms with E-state index in [0.29, 0.717) is 5.69 Å². The maximum absolute atomic E-state index is 11.8. The number of alkyl carbamates (subject to hydrolysis) is 1. The average molecular weight is 316 g/mol. The number of ether oxygens (including phenoxy) is 1. The third kappa shape index (κ3) is 4.67. The van der Waals surface area contributed by atoms with Gasteiger partial charge in [-0.15, -0.1) is 0 Å². The van der Waals surface area contributed by atoms with Crippen LogP contribution in [-0.2, 0) is 16.0 Å². The largest absolute Gasteiger partial charge is 0.480 e. The zero-order valence-electron chi connectivity index (χ0n) is 13.4. The first-order valence-electron chi connectivity index (χ1n) is 7.31. The molecular weight excluding hydrogens is 296 g/mol. The summed E-state index contributed by atoms with van der Waals surface area (Å²) in [6, 6.07) is 8.32. The molecule has 2 N–H and O–H groups in total. The van der Waals surface area contributed by atoms with Crippen molar-refractivity contribution in [1.29, 1.82) is 0 Å². The Morgan fingerprint density at radius 2 is 1.96 bits per heavy atom. The minimum absolute atomic E-state index is 0.0793. The summed E-state index contributed by atoms with van der Waals surface area (Å²) in [5, 5.41) is 13.6. The Morgan fingerprint density at radius 3 is 2.61 bits per heavy atom. The van der Waals surface area contributed by atoms with Crippen LogP contribution < -0.4 is 5.32 Å². The molecule has 1 aromatic heterocycles. The van der Waals surface area contributed by atoms with E-state index in [9.17, 15) is 14.7 Å². The summed E-state index contributed by atoms with van der Waals surface area (Å²) in [5.41, 5.74) is -0.0725. The number of carboxylic acids is 1. The topological polar surface area (TPSA) is 88.5 Å². The van der Waals surface area contributed by atoms with E-state index in [1.807, 2.05) is 30.3 Å². The number of benzene rings is 1. The highest BCUT2D eigenvalue weighted by Gasteiger charge is 2.25. The van der Waals surface area contributed by atoms with Gasteiger partial charge >= 0.3 is 12.1 Å². The number of hydrogen-bond donors (Lipinski definition) is 2. The van der Waals surface area contributed by atoms with Crippen molar-refractivity contribution < 1.29 is 19.4 Å². The van der Waals surface area contributed by atoms with Gasteiger partial charge in [-0.05, 0) is 32.2 Å². The number of hydrogen-bond acceptors (Lipinski definition) is 4. The number of aromatic nitrogens is 1. The molecule has 0 unspecified atom stereocenters. The van der Waals surface area contributed by atoms with E-state index >= 15 is 0 Å².